The maximum atomic E-state index is 15.6. The second-order valence-corrected chi connectivity index (χ2v) is 18.1. The molecule has 3 fully saturated rings. The van der Waals surface area contributed by atoms with Crippen molar-refractivity contribution in [1.29, 1.82) is 0 Å². The molecule has 1 aromatic carbocycles. The van der Waals surface area contributed by atoms with Gasteiger partial charge in [-0.25, -0.2) is 18.7 Å². The summed E-state index contributed by atoms with van der Waals surface area (Å²) < 4.78 is 58.8. The van der Waals surface area contributed by atoms with E-state index < -0.39 is 44.9 Å². The van der Waals surface area contributed by atoms with Gasteiger partial charge in [-0.3, -0.25) is 39.1 Å². The van der Waals surface area contributed by atoms with Crippen molar-refractivity contribution in [2.45, 2.75) is 63.5 Å². The molecule has 3 aliphatic heterocycles. The number of halogens is 2. The van der Waals surface area contributed by atoms with E-state index in [2.05, 4.69) is 45.4 Å². The summed E-state index contributed by atoms with van der Waals surface area (Å²) in [6, 6.07) is 10.7. The first-order valence-electron chi connectivity index (χ1n) is 21.3. The van der Waals surface area contributed by atoms with Gasteiger partial charge in [-0.2, -0.15) is 12.7 Å². The normalized spacial score (nSPS) is 18.0. The second kappa shape index (κ2) is 18.8. The minimum absolute atomic E-state index is 0.00549. The number of H-pyrrole nitrogens is 1. The molecular formula is C44H49F2N11O6S. The van der Waals surface area contributed by atoms with Crippen LogP contribution in [0, 0.1) is 11.6 Å². The van der Waals surface area contributed by atoms with Crippen LogP contribution < -0.4 is 25.6 Å². The molecule has 20 heteroatoms. The van der Waals surface area contributed by atoms with Crippen LogP contribution in [0.1, 0.15) is 73.0 Å². The number of carbonyl (C=O) groups excluding carboxylic acids is 4. The fraction of sp³-hybridized carbons (Fsp3) is 0.386. The van der Waals surface area contributed by atoms with E-state index in [9.17, 15) is 27.6 Å². The summed E-state index contributed by atoms with van der Waals surface area (Å²) >= 11 is 0. The van der Waals surface area contributed by atoms with Crippen molar-refractivity contribution in [2.75, 3.05) is 61.3 Å². The van der Waals surface area contributed by atoms with Crippen molar-refractivity contribution in [3.05, 3.63) is 95.7 Å². The van der Waals surface area contributed by atoms with Crippen LogP contribution in [-0.4, -0.2) is 119 Å². The molecule has 64 heavy (non-hydrogen) atoms. The monoisotopic (exact) mass is 897 g/mol. The third kappa shape index (κ3) is 9.73. The largest absolute Gasteiger partial charge is 0.372 e. The molecular weight excluding hydrogens is 849 g/mol. The summed E-state index contributed by atoms with van der Waals surface area (Å²) in [5.74, 6) is -2.99. The van der Waals surface area contributed by atoms with E-state index in [4.69, 9.17) is 4.98 Å². The van der Waals surface area contributed by atoms with E-state index in [-0.39, 0.29) is 41.8 Å². The van der Waals surface area contributed by atoms with Gasteiger partial charge in [0.1, 0.15) is 23.3 Å². The average Bonchev–Trinajstić information content (AvgIpc) is 3.72. The Labute approximate surface area is 368 Å². The predicted molar refractivity (Wildman–Crippen MR) is 236 cm³/mol. The number of aromatic amines is 1. The van der Waals surface area contributed by atoms with Crippen LogP contribution >= 0.6 is 0 Å². The van der Waals surface area contributed by atoms with Crippen molar-refractivity contribution >= 4 is 61.9 Å². The Morgan fingerprint density at radius 1 is 0.906 bits per heavy atom. The highest BCUT2D eigenvalue weighted by Gasteiger charge is 2.30. The van der Waals surface area contributed by atoms with Gasteiger partial charge in [-0.05, 0) is 87.7 Å². The van der Waals surface area contributed by atoms with Gasteiger partial charge < -0.3 is 20.5 Å². The molecule has 5 N–H and O–H groups in total. The lowest BCUT2D eigenvalue weighted by Gasteiger charge is -2.34. The molecule has 1 unspecified atom stereocenters. The number of hydrogen-bond donors (Lipinski definition) is 5. The highest BCUT2D eigenvalue weighted by molar-refractivity contribution is 7.90. The van der Waals surface area contributed by atoms with Gasteiger partial charge in [0.05, 0.1) is 29.7 Å². The number of rotatable bonds is 14. The predicted octanol–water partition coefficient (Wildman–Crippen LogP) is 4.32. The Morgan fingerprint density at radius 2 is 1.67 bits per heavy atom. The topological polar surface area (TPSA) is 215 Å². The molecule has 0 saturated carbocycles. The number of ketones is 1. The van der Waals surface area contributed by atoms with Crippen LogP contribution in [0.5, 0.6) is 0 Å². The fourth-order valence-corrected chi connectivity index (χ4v) is 9.27. The van der Waals surface area contributed by atoms with E-state index in [1.807, 2.05) is 24.3 Å². The summed E-state index contributed by atoms with van der Waals surface area (Å²) in [5.41, 5.74) is 1.84. The molecule has 5 aromatic rings. The molecule has 0 aliphatic carbocycles. The first-order chi connectivity index (χ1) is 30.8. The number of carbonyl (C=O) groups is 4. The third-order valence-electron chi connectivity index (χ3n) is 12.2. The number of aromatic nitrogens is 4. The zero-order valence-corrected chi connectivity index (χ0v) is 36.2. The number of pyridine rings is 3. The lowest BCUT2D eigenvalue weighted by molar-refractivity contribution is -0.133. The number of nitrogens with one attached hydrogen (secondary N) is 5. The number of hydrogen-bond acceptors (Lipinski definition) is 12. The number of imide groups is 1. The van der Waals surface area contributed by atoms with E-state index in [1.165, 1.54) is 13.2 Å². The molecule has 0 bridgehead atoms. The van der Waals surface area contributed by atoms with Crippen molar-refractivity contribution in [3.8, 4) is 11.1 Å². The molecule has 0 radical (unpaired) electrons. The van der Waals surface area contributed by atoms with Crippen molar-refractivity contribution in [3.63, 3.8) is 0 Å². The summed E-state index contributed by atoms with van der Waals surface area (Å²) in [6.07, 6.45) is 10.4. The van der Waals surface area contributed by atoms with Crippen LogP contribution in [0.4, 0.5) is 26.0 Å². The molecule has 8 rings (SSSR count). The van der Waals surface area contributed by atoms with Crippen LogP contribution in [-0.2, 0) is 24.6 Å². The Morgan fingerprint density at radius 3 is 2.36 bits per heavy atom. The Bertz CT molecular complexity index is 2670. The number of likely N-dealkylation sites (tertiary alicyclic amines) is 1. The highest BCUT2D eigenvalue weighted by atomic mass is 32.2. The smallest absolute Gasteiger partial charge is 0.301 e. The minimum atomic E-state index is -4.15. The van der Waals surface area contributed by atoms with E-state index >= 15 is 8.78 Å². The van der Waals surface area contributed by atoms with E-state index in [0.717, 1.165) is 72.4 Å². The molecule has 0 spiro atoms. The molecule has 1 atom stereocenters. The summed E-state index contributed by atoms with van der Waals surface area (Å²) in [5, 5.41) is 9.05. The first-order valence-corrected chi connectivity index (χ1v) is 22.7. The number of amides is 3. The minimum Gasteiger partial charge on any atom is -0.372 e. The SMILES string of the molecule is CCN(C)S(=O)(=O)Nc1ccc(F)c(C(=O)c2c[nH]c3ncc(-c4ccc(N5CCC(NC(=O)CN6CCC(c7ccc(NC8CCC(=O)NC8=O)cn7)CC6)CC5)nc4)cc23)c1F. The average molecular weight is 898 g/mol. The number of piperidine rings is 3. The van der Waals surface area contributed by atoms with Crippen LogP contribution in [0.15, 0.2) is 67.3 Å². The van der Waals surface area contributed by atoms with Gasteiger partial charge in [0, 0.05) is 91.4 Å². The van der Waals surface area contributed by atoms with Crippen molar-refractivity contribution in [1.82, 2.24) is 39.8 Å². The summed E-state index contributed by atoms with van der Waals surface area (Å²) in [7, 11) is -2.85. The highest BCUT2D eigenvalue weighted by Crippen LogP contribution is 2.31. The number of anilines is 3. The molecule has 17 nitrogen and oxygen atoms in total. The van der Waals surface area contributed by atoms with Crippen molar-refractivity contribution in [2.24, 2.45) is 0 Å². The number of nitrogens with zero attached hydrogens (tertiary/aromatic N) is 6. The standard InChI is InChI=1S/C44H49F2N11O6S/c1-3-55(2)64(62,63)54-35-8-6-33(45)40(41(35)46)42(60)32-24-50-43-31(32)20-28(22-49-43)27-4-10-37(48-21-27)57-18-14-29(15-19-57)52-39(59)25-56-16-12-26(13-17-56)34-7-5-30(23-47-34)51-36-9-11-38(58)53-44(36)61/h4-8,10,20-24,26,29,36,51,54H,3,9,11-19,25H2,1-2H3,(H,49,50)(H,52,59)(H,53,58,61). The molecule has 3 saturated heterocycles. The van der Waals surface area contributed by atoms with Crippen molar-refractivity contribution < 1.29 is 36.4 Å². The lowest BCUT2D eigenvalue weighted by atomic mass is 9.93. The molecule has 336 valence electrons. The van der Waals surface area contributed by atoms with Gasteiger partial charge in [-0.15, -0.1) is 0 Å². The first kappa shape index (κ1) is 44.2. The lowest BCUT2D eigenvalue weighted by Crippen LogP contribution is -2.48. The van der Waals surface area contributed by atoms with Gasteiger partial charge in [0.25, 0.3) is 0 Å². The molecule has 7 heterocycles. The maximum Gasteiger partial charge on any atom is 0.301 e. The quantitative estimate of drug-likeness (QED) is 0.0779. The fourth-order valence-electron chi connectivity index (χ4n) is 8.33. The van der Waals surface area contributed by atoms with E-state index in [0.29, 0.717) is 54.6 Å². The molecule has 3 amide bonds. The van der Waals surface area contributed by atoms with Crippen LogP contribution in [0.25, 0.3) is 22.2 Å². The molecule has 4 aromatic heterocycles. The number of benzene rings is 1. The zero-order chi connectivity index (χ0) is 45.1. The Hall–Kier alpha value is -6.38. The third-order valence-corrected chi connectivity index (χ3v) is 13.7. The van der Waals surface area contributed by atoms with Gasteiger partial charge in [-0.1, -0.05) is 6.92 Å². The zero-order valence-electron chi connectivity index (χ0n) is 35.4. The second-order valence-electron chi connectivity index (χ2n) is 16.4. The summed E-state index contributed by atoms with van der Waals surface area (Å²) in [4.78, 5) is 71.2. The van der Waals surface area contributed by atoms with Crippen LogP contribution in [0.3, 0.4) is 0 Å². The molecule has 3 aliphatic rings. The van der Waals surface area contributed by atoms with Gasteiger partial charge >= 0.3 is 10.2 Å². The van der Waals surface area contributed by atoms with E-state index in [1.54, 1.807) is 31.6 Å². The summed E-state index contributed by atoms with van der Waals surface area (Å²) in [6.45, 7) is 4.99. The number of fused-ring (bicyclic) bond motifs is 1. The van der Waals surface area contributed by atoms with Crippen LogP contribution in [0.2, 0.25) is 0 Å². The maximum absolute atomic E-state index is 15.6. The van der Waals surface area contributed by atoms with Gasteiger partial charge in [0.15, 0.2) is 5.82 Å². The Kier molecular flexibility index (Phi) is 13.0. The Balaban J connectivity index is 0.813. The van der Waals surface area contributed by atoms with Gasteiger partial charge in [0.2, 0.25) is 23.5 Å².